The first kappa shape index (κ1) is 25.3. The average molecular weight is 479 g/mol. The van der Waals surface area contributed by atoms with E-state index in [1.807, 2.05) is 73.7 Å². The molecule has 0 saturated heterocycles. The molecule has 0 aromatic heterocycles. The van der Waals surface area contributed by atoms with Gasteiger partial charge in [-0.15, -0.1) is 0 Å². The third-order valence-corrected chi connectivity index (χ3v) is 5.85. The molecule has 1 N–H and O–H groups in total. The first-order valence-corrected chi connectivity index (χ1v) is 11.9. The number of benzene rings is 3. The summed E-state index contributed by atoms with van der Waals surface area (Å²) in [5, 5.41) is 3.62. The average Bonchev–Trinajstić information content (AvgIpc) is 2.86. The van der Waals surface area contributed by atoms with Gasteiger partial charge < -0.3 is 15.0 Å². The third-order valence-electron chi connectivity index (χ3n) is 5.60. The van der Waals surface area contributed by atoms with Crippen LogP contribution in [0, 0.1) is 0 Å². The van der Waals surface area contributed by atoms with Crippen LogP contribution in [0.2, 0.25) is 5.02 Å². The van der Waals surface area contributed by atoms with Crippen LogP contribution in [0.3, 0.4) is 0 Å². The van der Waals surface area contributed by atoms with Crippen molar-refractivity contribution < 1.29 is 14.3 Å². The van der Waals surface area contributed by atoms with Gasteiger partial charge in [-0.25, -0.2) is 0 Å². The summed E-state index contributed by atoms with van der Waals surface area (Å²) < 4.78 is 5.22. The molecule has 0 fully saturated rings. The van der Waals surface area contributed by atoms with Crippen LogP contribution in [0.5, 0.6) is 5.75 Å². The van der Waals surface area contributed by atoms with E-state index in [1.54, 1.807) is 24.1 Å². The van der Waals surface area contributed by atoms with Crippen molar-refractivity contribution in [1.82, 2.24) is 10.2 Å². The number of carbonyl (C=O) groups excluding carboxylic acids is 2. The fourth-order valence-electron chi connectivity index (χ4n) is 3.73. The molecule has 0 aliphatic rings. The van der Waals surface area contributed by atoms with E-state index in [0.29, 0.717) is 24.5 Å². The lowest BCUT2D eigenvalue weighted by Gasteiger charge is -2.31. The van der Waals surface area contributed by atoms with E-state index < -0.39 is 6.04 Å². The van der Waals surface area contributed by atoms with E-state index in [1.165, 1.54) is 0 Å². The number of ether oxygens (including phenoxy) is 1. The van der Waals surface area contributed by atoms with Crippen molar-refractivity contribution in [2.24, 2.45) is 0 Å². The second-order valence-corrected chi connectivity index (χ2v) is 8.61. The number of hydrogen-bond donors (Lipinski definition) is 1. The lowest BCUT2D eigenvalue weighted by Crippen LogP contribution is -2.51. The number of hydrogen-bond acceptors (Lipinski definition) is 3. The van der Waals surface area contributed by atoms with Gasteiger partial charge in [0.2, 0.25) is 11.8 Å². The molecule has 0 aliphatic heterocycles. The molecule has 2 amide bonds. The van der Waals surface area contributed by atoms with Crippen LogP contribution in [0.15, 0.2) is 78.9 Å². The highest BCUT2D eigenvalue weighted by molar-refractivity contribution is 6.30. The van der Waals surface area contributed by atoms with Crippen molar-refractivity contribution >= 4 is 23.4 Å². The summed E-state index contributed by atoms with van der Waals surface area (Å²) in [7, 11) is 1.61. The summed E-state index contributed by atoms with van der Waals surface area (Å²) in [6.45, 7) is 2.88. The number of nitrogens with zero attached hydrogens (tertiary/aromatic N) is 1. The number of carbonyl (C=O) groups is 2. The van der Waals surface area contributed by atoms with Crippen LogP contribution in [0.4, 0.5) is 0 Å². The van der Waals surface area contributed by atoms with Crippen LogP contribution in [-0.2, 0) is 29.0 Å². The molecular formula is C28H31ClN2O3. The SMILES string of the molecule is CCCNC(=O)[C@H](Cc1ccccc1)N(Cc1ccc(Cl)cc1)C(=O)Cc1ccc(OC)cc1. The highest BCUT2D eigenvalue weighted by atomic mass is 35.5. The highest BCUT2D eigenvalue weighted by Crippen LogP contribution is 2.19. The lowest BCUT2D eigenvalue weighted by atomic mass is 10.0. The van der Waals surface area contributed by atoms with Gasteiger partial charge in [0.15, 0.2) is 0 Å². The van der Waals surface area contributed by atoms with Gasteiger partial charge in [0.05, 0.1) is 13.5 Å². The molecule has 3 aromatic rings. The Morgan fingerprint density at radius 3 is 2.18 bits per heavy atom. The van der Waals surface area contributed by atoms with E-state index in [2.05, 4.69) is 5.32 Å². The first-order chi connectivity index (χ1) is 16.5. The Kier molecular flexibility index (Phi) is 9.53. The van der Waals surface area contributed by atoms with Crippen molar-refractivity contribution in [3.05, 3.63) is 101 Å². The number of rotatable bonds is 11. The summed E-state index contributed by atoms with van der Waals surface area (Å²) >= 11 is 6.07. The predicted molar refractivity (Wildman–Crippen MR) is 136 cm³/mol. The fourth-order valence-corrected chi connectivity index (χ4v) is 3.85. The van der Waals surface area contributed by atoms with E-state index in [-0.39, 0.29) is 18.2 Å². The molecule has 0 bridgehead atoms. The molecule has 178 valence electrons. The Bertz CT molecular complexity index is 1050. The minimum absolute atomic E-state index is 0.118. The predicted octanol–water partition coefficient (Wildman–Crippen LogP) is 5.06. The molecule has 0 saturated carbocycles. The van der Waals surface area contributed by atoms with Gasteiger partial charge >= 0.3 is 0 Å². The Morgan fingerprint density at radius 1 is 0.912 bits per heavy atom. The van der Waals surface area contributed by atoms with Gasteiger partial charge in [-0.3, -0.25) is 9.59 Å². The van der Waals surface area contributed by atoms with E-state index in [4.69, 9.17) is 16.3 Å². The normalized spacial score (nSPS) is 11.5. The van der Waals surface area contributed by atoms with E-state index in [0.717, 1.165) is 28.9 Å². The molecule has 0 aliphatic carbocycles. The molecular weight excluding hydrogens is 448 g/mol. The van der Waals surface area contributed by atoms with Crippen molar-refractivity contribution in [1.29, 1.82) is 0 Å². The standard InChI is InChI=1S/C28H31ClN2O3/c1-3-17-30-28(33)26(18-21-7-5-4-6-8-21)31(20-23-9-13-24(29)14-10-23)27(32)19-22-11-15-25(34-2)16-12-22/h4-16,26H,3,17-20H2,1-2H3,(H,30,33)/t26-/m0/s1. The Hall–Kier alpha value is -3.31. The minimum Gasteiger partial charge on any atom is -0.497 e. The number of halogens is 1. The molecule has 5 nitrogen and oxygen atoms in total. The van der Waals surface area contributed by atoms with Gasteiger partial charge in [-0.05, 0) is 47.4 Å². The summed E-state index contributed by atoms with van der Waals surface area (Å²) in [4.78, 5) is 28.6. The van der Waals surface area contributed by atoms with Crippen molar-refractivity contribution in [3.63, 3.8) is 0 Å². The summed E-state index contributed by atoms with van der Waals surface area (Å²) in [6, 6.07) is 23.9. The molecule has 3 aromatic carbocycles. The zero-order valence-electron chi connectivity index (χ0n) is 19.7. The van der Waals surface area contributed by atoms with Crippen molar-refractivity contribution in [2.75, 3.05) is 13.7 Å². The van der Waals surface area contributed by atoms with Gasteiger partial charge in [0.1, 0.15) is 11.8 Å². The Labute approximate surface area is 206 Å². The smallest absolute Gasteiger partial charge is 0.243 e. The second-order valence-electron chi connectivity index (χ2n) is 8.17. The topological polar surface area (TPSA) is 58.6 Å². The number of methoxy groups -OCH3 is 1. The Morgan fingerprint density at radius 2 is 1.56 bits per heavy atom. The maximum atomic E-state index is 13.6. The van der Waals surface area contributed by atoms with Crippen LogP contribution in [-0.4, -0.2) is 36.4 Å². The molecule has 6 heteroatoms. The van der Waals surface area contributed by atoms with Gasteiger partial charge in [0.25, 0.3) is 0 Å². The zero-order chi connectivity index (χ0) is 24.3. The monoisotopic (exact) mass is 478 g/mol. The number of nitrogens with one attached hydrogen (secondary N) is 1. The maximum absolute atomic E-state index is 13.6. The number of amides is 2. The fraction of sp³-hybridized carbons (Fsp3) is 0.286. The van der Waals surface area contributed by atoms with Crippen LogP contribution in [0.25, 0.3) is 0 Å². The molecule has 0 unspecified atom stereocenters. The highest BCUT2D eigenvalue weighted by Gasteiger charge is 2.30. The largest absolute Gasteiger partial charge is 0.497 e. The van der Waals surface area contributed by atoms with Crippen LogP contribution >= 0.6 is 11.6 Å². The van der Waals surface area contributed by atoms with E-state index >= 15 is 0 Å². The third kappa shape index (κ3) is 7.35. The van der Waals surface area contributed by atoms with Crippen LogP contribution < -0.4 is 10.1 Å². The van der Waals surface area contributed by atoms with E-state index in [9.17, 15) is 9.59 Å². The molecule has 0 spiro atoms. The minimum atomic E-state index is -0.643. The summed E-state index contributed by atoms with van der Waals surface area (Å²) in [6.07, 6.45) is 1.43. The quantitative estimate of drug-likeness (QED) is 0.419. The molecule has 0 heterocycles. The lowest BCUT2D eigenvalue weighted by molar-refractivity contribution is -0.140. The van der Waals surface area contributed by atoms with Gasteiger partial charge in [0, 0.05) is 24.5 Å². The van der Waals surface area contributed by atoms with Crippen LogP contribution in [0.1, 0.15) is 30.0 Å². The Balaban J connectivity index is 1.92. The maximum Gasteiger partial charge on any atom is 0.243 e. The van der Waals surface area contributed by atoms with Gasteiger partial charge in [-0.2, -0.15) is 0 Å². The molecule has 0 radical (unpaired) electrons. The summed E-state index contributed by atoms with van der Waals surface area (Å²) in [5.74, 6) is 0.463. The molecule has 1 atom stereocenters. The second kappa shape index (κ2) is 12.8. The van der Waals surface area contributed by atoms with Gasteiger partial charge in [-0.1, -0.05) is 73.1 Å². The molecule has 3 rings (SSSR count). The van der Waals surface area contributed by atoms with Crippen molar-refractivity contribution in [3.8, 4) is 5.75 Å². The zero-order valence-corrected chi connectivity index (χ0v) is 20.4. The summed E-state index contributed by atoms with van der Waals surface area (Å²) in [5.41, 5.74) is 2.77. The van der Waals surface area contributed by atoms with Crippen molar-refractivity contribution in [2.45, 2.75) is 38.8 Å². The molecule has 34 heavy (non-hydrogen) atoms. The first-order valence-electron chi connectivity index (χ1n) is 11.5.